The number of anilines is 1. The quantitative estimate of drug-likeness (QED) is 0.758. The summed E-state index contributed by atoms with van der Waals surface area (Å²) in [5, 5.41) is 0. The number of nitrogens with two attached hydrogens (primary N) is 1. The minimum Gasteiger partial charge on any atom is -0.384 e. The molecule has 1 unspecified atom stereocenters. The Kier molecular flexibility index (Phi) is 5.91. The second-order valence-corrected chi connectivity index (χ2v) is 4.54. The number of nitrogens with zero attached hydrogens (tertiary/aromatic N) is 1. The molecule has 1 rings (SSSR count). The van der Waals surface area contributed by atoms with Gasteiger partial charge in [0.2, 0.25) is 0 Å². The lowest BCUT2D eigenvalue weighted by atomic mass is 9.92. The van der Waals surface area contributed by atoms with Crippen molar-refractivity contribution in [2.75, 3.05) is 5.73 Å². The second kappa shape index (κ2) is 7.26. The van der Waals surface area contributed by atoms with E-state index in [1.165, 1.54) is 37.7 Å². The van der Waals surface area contributed by atoms with Crippen LogP contribution in [0.15, 0.2) is 18.3 Å². The van der Waals surface area contributed by atoms with E-state index in [0.29, 0.717) is 5.82 Å². The molecule has 2 nitrogen and oxygen atoms in total. The number of unbranched alkanes of at least 4 members (excludes halogenated alkanes) is 1. The number of hydrogen-bond donors (Lipinski definition) is 1. The van der Waals surface area contributed by atoms with Gasteiger partial charge in [0.25, 0.3) is 0 Å². The third-order valence-corrected chi connectivity index (χ3v) is 3.23. The molecule has 2 heteroatoms. The van der Waals surface area contributed by atoms with Gasteiger partial charge in [0.05, 0.1) is 0 Å². The third-order valence-electron chi connectivity index (χ3n) is 3.23. The second-order valence-electron chi connectivity index (χ2n) is 4.54. The Morgan fingerprint density at radius 2 is 2.12 bits per heavy atom. The summed E-state index contributed by atoms with van der Waals surface area (Å²) >= 11 is 0. The highest BCUT2D eigenvalue weighted by molar-refractivity contribution is 5.31. The van der Waals surface area contributed by atoms with Crippen LogP contribution >= 0.6 is 0 Å². The first-order valence-electron chi connectivity index (χ1n) is 6.46. The molecule has 90 valence electrons. The molecule has 1 atom stereocenters. The lowest BCUT2D eigenvalue weighted by Gasteiger charge is -2.14. The van der Waals surface area contributed by atoms with Crippen molar-refractivity contribution in [1.82, 2.24) is 4.98 Å². The lowest BCUT2D eigenvalue weighted by Crippen LogP contribution is -2.01. The Balaban J connectivity index is 2.37. The molecule has 0 aromatic carbocycles. The van der Waals surface area contributed by atoms with Gasteiger partial charge in [-0.1, -0.05) is 39.5 Å². The highest BCUT2D eigenvalue weighted by Gasteiger charge is 2.06. The zero-order chi connectivity index (χ0) is 11.8. The van der Waals surface area contributed by atoms with E-state index in [1.807, 2.05) is 6.07 Å². The first-order valence-corrected chi connectivity index (χ1v) is 6.46. The van der Waals surface area contributed by atoms with Gasteiger partial charge in [0.1, 0.15) is 5.82 Å². The maximum Gasteiger partial charge on any atom is 0.123 e. The average molecular weight is 220 g/mol. The largest absolute Gasteiger partial charge is 0.384 e. The van der Waals surface area contributed by atoms with E-state index < -0.39 is 0 Å². The maximum atomic E-state index is 5.67. The maximum absolute atomic E-state index is 5.67. The molecule has 0 amide bonds. The predicted molar refractivity (Wildman–Crippen MR) is 70.3 cm³/mol. The highest BCUT2D eigenvalue weighted by atomic mass is 14.8. The molecule has 0 aliphatic heterocycles. The SMILES string of the molecule is CCCCC(CC)CCc1ccnc(N)c1. The molecule has 0 aliphatic rings. The van der Waals surface area contributed by atoms with Crippen molar-refractivity contribution >= 4 is 5.82 Å². The monoisotopic (exact) mass is 220 g/mol. The van der Waals surface area contributed by atoms with Crippen LogP contribution in [0.3, 0.4) is 0 Å². The summed E-state index contributed by atoms with van der Waals surface area (Å²) in [6.07, 6.45) is 9.54. The van der Waals surface area contributed by atoms with Crippen molar-refractivity contribution in [2.24, 2.45) is 5.92 Å². The molecule has 2 N–H and O–H groups in total. The Bertz CT molecular complexity index is 297. The van der Waals surface area contributed by atoms with E-state index in [9.17, 15) is 0 Å². The number of aromatic nitrogens is 1. The molecular formula is C14H24N2. The first-order chi connectivity index (χ1) is 7.76. The predicted octanol–water partition coefficient (Wildman–Crippen LogP) is 3.81. The third kappa shape index (κ3) is 4.65. The van der Waals surface area contributed by atoms with E-state index >= 15 is 0 Å². The molecule has 0 radical (unpaired) electrons. The van der Waals surface area contributed by atoms with Gasteiger partial charge < -0.3 is 5.73 Å². The van der Waals surface area contributed by atoms with E-state index in [4.69, 9.17) is 5.73 Å². The molecule has 1 aromatic heterocycles. The van der Waals surface area contributed by atoms with Crippen molar-refractivity contribution in [2.45, 2.75) is 52.4 Å². The fourth-order valence-corrected chi connectivity index (χ4v) is 2.07. The minimum absolute atomic E-state index is 0.638. The van der Waals surface area contributed by atoms with Gasteiger partial charge in [-0.15, -0.1) is 0 Å². The number of aryl methyl sites for hydroxylation is 1. The summed E-state index contributed by atoms with van der Waals surface area (Å²) in [6, 6.07) is 4.06. The molecule has 0 saturated heterocycles. The Morgan fingerprint density at radius 3 is 2.75 bits per heavy atom. The lowest BCUT2D eigenvalue weighted by molar-refractivity contribution is 0.422. The van der Waals surface area contributed by atoms with Crippen LogP contribution in [-0.2, 0) is 6.42 Å². The van der Waals surface area contributed by atoms with Crippen molar-refractivity contribution in [3.8, 4) is 0 Å². The van der Waals surface area contributed by atoms with Crippen LogP contribution in [0, 0.1) is 5.92 Å². The van der Waals surface area contributed by atoms with Gasteiger partial charge in [-0.25, -0.2) is 4.98 Å². The minimum atomic E-state index is 0.638. The van der Waals surface area contributed by atoms with Gasteiger partial charge in [0.15, 0.2) is 0 Å². The summed E-state index contributed by atoms with van der Waals surface area (Å²) in [7, 11) is 0. The molecule has 0 bridgehead atoms. The Hall–Kier alpha value is -1.05. The zero-order valence-corrected chi connectivity index (χ0v) is 10.6. The molecule has 1 heterocycles. The smallest absolute Gasteiger partial charge is 0.123 e. The summed E-state index contributed by atoms with van der Waals surface area (Å²) < 4.78 is 0. The highest BCUT2D eigenvalue weighted by Crippen LogP contribution is 2.19. The summed E-state index contributed by atoms with van der Waals surface area (Å²) in [5.41, 5.74) is 6.99. The molecule has 0 saturated carbocycles. The van der Waals surface area contributed by atoms with Crippen LogP contribution in [-0.4, -0.2) is 4.98 Å². The molecule has 1 aromatic rings. The molecule has 0 fully saturated rings. The Morgan fingerprint density at radius 1 is 1.31 bits per heavy atom. The molecular weight excluding hydrogens is 196 g/mol. The normalized spacial score (nSPS) is 12.6. The van der Waals surface area contributed by atoms with Crippen LogP contribution in [0.2, 0.25) is 0 Å². The van der Waals surface area contributed by atoms with Gasteiger partial charge in [0, 0.05) is 6.20 Å². The zero-order valence-electron chi connectivity index (χ0n) is 10.6. The van der Waals surface area contributed by atoms with Gasteiger partial charge in [-0.05, 0) is 36.5 Å². The van der Waals surface area contributed by atoms with Gasteiger partial charge >= 0.3 is 0 Å². The fraction of sp³-hybridized carbons (Fsp3) is 0.643. The summed E-state index contributed by atoms with van der Waals surface area (Å²) in [4.78, 5) is 4.01. The summed E-state index contributed by atoms with van der Waals surface area (Å²) in [6.45, 7) is 4.55. The molecule has 0 spiro atoms. The van der Waals surface area contributed by atoms with E-state index in [2.05, 4.69) is 24.9 Å². The molecule has 0 aliphatic carbocycles. The van der Waals surface area contributed by atoms with Crippen molar-refractivity contribution < 1.29 is 0 Å². The fourth-order valence-electron chi connectivity index (χ4n) is 2.07. The number of hydrogen-bond acceptors (Lipinski definition) is 2. The van der Waals surface area contributed by atoms with Gasteiger partial charge in [-0.3, -0.25) is 0 Å². The standard InChI is InChI=1S/C14H24N2/c1-3-5-6-12(4-2)7-8-13-9-10-16-14(15)11-13/h9-12H,3-8H2,1-2H3,(H2,15,16). The van der Waals surface area contributed by atoms with Gasteiger partial charge in [-0.2, -0.15) is 0 Å². The van der Waals surface area contributed by atoms with E-state index in [1.54, 1.807) is 6.20 Å². The van der Waals surface area contributed by atoms with E-state index in [-0.39, 0.29) is 0 Å². The average Bonchev–Trinajstić information content (AvgIpc) is 2.29. The van der Waals surface area contributed by atoms with Crippen LogP contribution in [0.5, 0.6) is 0 Å². The van der Waals surface area contributed by atoms with Crippen LogP contribution in [0.4, 0.5) is 5.82 Å². The van der Waals surface area contributed by atoms with Crippen molar-refractivity contribution in [3.63, 3.8) is 0 Å². The topological polar surface area (TPSA) is 38.9 Å². The van der Waals surface area contributed by atoms with Crippen LogP contribution < -0.4 is 5.73 Å². The van der Waals surface area contributed by atoms with Crippen molar-refractivity contribution in [1.29, 1.82) is 0 Å². The number of pyridine rings is 1. The van der Waals surface area contributed by atoms with Crippen LogP contribution in [0.1, 0.15) is 51.5 Å². The van der Waals surface area contributed by atoms with Crippen LogP contribution in [0.25, 0.3) is 0 Å². The number of rotatable bonds is 7. The first kappa shape index (κ1) is 13.0. The van der Waals surface area contributed by atoms with Crippen molar-refractivity contribution in [3.05, 3.63) is 23.9 Å². The molecule has 16 heavy (non-hydrogen) atoms. The number of nitrogen functional groups attached to an aromatic ring is 1. The Labute approximate surface area is 99.3 Å². The van der Waals surface area contributed by atoms with E-state index in [0.717, 1.165) is 12.3 Å². The summed E-state index contributed by atoms with van der Waals surface area (Å²) in [5.74, 6) is 1.51.